The predicted molar refractivity (Wildman–Crippen MR) is 97.3 cm³/mol. The molecule has 0 fully saturated rings. The standard InChI is InChI=1S/C15H2F30O6S2/c16-1(17,2(18,19)4(22,23)6(26,27)8(30,31)10(34,35)12(38,39)14(42,43)52(46,47)48)3(20,21)5(24,25)7(28,29)9(32,33)11(36,37)13(40,41)15(44,45)53(49,50)51/h(H,46,47,48)(H,49,50,51). The van der Waals surface area contributed by atoms with Crippen LogP contribution in [0, 0.1) is 0 Å². The van der Waals surface area contributed by atoms with Gasteiger partial charge in [-0.2, -0.15) is 149 Å². The predicted octanol–water partition coefficient (Wildman–Crippen LogP) is 8.21. The van der Waals surface area contributed by atoms with Gasteiger partial charge in [0.05, 0.1) is 0 Å². The molecule has 0 aliphatic rings. The van der Waals surface area contributed by atoms with Crippen LogP contribution in [0.5, 0.6) is 0 Å². The first-order valence-corrected chi connectivity index (χ1v) is 13.5. The summed E-state index contributed by atoms with van der Waals surface area (Å²) in [7, 11) is -16.9. The molecule has 0 unspecified atom stereocenters. The summed E-state index contributed by atoms with van der Waals surface area (Å²) in [6.07, 6.45) is 0. The van der Waals surface area contributed by atoms with E-state index in [0.717, 1.165) is 0 Å². The van der Waals surface area contributed by atoms with Crippen LogP contribution in [0.1, 0.15) is 0 Å². The normalized spacial score (nSPS) is 17.4. The number of rotatable bonds is 16. The van der Waals surface area contributed by atoms with E-state index in [4.69, 9.17) is 9.11 Å². The van der Waals surface area contributed by atoms with Crippen molar-refractivity contribution in [3.8, 4) is 0 Å². The molecule has 0 aromatic rings. The van der Waals surface area contributed by atoms with Gasteiger partial charge in [0.1, 0.15) is 0 Å². The average molecular weight is 912 g/mol. The molecular weight excluding hydrogens is 910 g/mol. The van der Waals surface area contributed by atoms with E-state index >= 15 is 0 Å². The van der Waals surface area contributed by atoms with Crippen LogP contribution < -0.4 is 0 Å². The van der Waals surface area contributed by atoms with Crippen molar-refractivity contribution < 1.29 is 158 Å². The maximum atomic E-state index is 13.8. The van der Waals surface area contributed by atoms with Gasteiger partial charge in [-0.3, -0.25) is 9.11 Å². The molecule has 0 aromatic heterocycles. The van der Waals surface area contributed by atoms with Crippen molar-refractivity contribution in [3.05, 3.63) is 0 Å². The fourth-order valence-electron chi connectivity index (χ4n) is 2.86. The van der Waals surface area contributed by atoms with Gasteiger partial charge in [-0.05, 0) is 0 Å². The highest BCUT2D eigenvalue weighted by molar-refractivity contribution is 7.87. The van der Waals surface area contributed by atoms with E-state index in [9.17, 15) is 149 Å². The zero-order valence-electron chi connectivity index (χ0n) is 22.2. The van der Waals surface area contributed by atoms with Gasteiger partial charge in [0.25, 0.3) is 0 Å². The van der Waals surface area contributed by atoms with Crippen molar-refractivity contribution in [1.29, 1.82) is 0 Å². The second-order valence-corrected chi connectivity index (χ2v) is 12.4. The fourth-order valence-corrected chi connectivity index (χ4v) is 3.76. The summed E-state index contributed by atoms with van der Waals surface area (Å²) < 4.78 is 463. The highest BCUT2D eigenvalue weighted by Gasteiger charge is 3.02. The number of hydrogen-bond donors (Lipinski definition) is 2. The smallest absolute Gasteiger partial charge is 0.281 e. The van der Waals surface area contributed by atoms with E-state index in [1.54, 1.807) is 0 Å². The Balaban J connectivity index is 7.84. The third-order valence-electron chi connectivity index (χ3n) is 6.11. The van der Waals surface area contributed by atoms with Crippen LogP contribution in [-0.2, 0) is 20.2 Å². The Kier molecular flexibility index (Phi) is 11.4. The monoisotopic (exact) mass is 912 g/mol. The van der Waals surface area contributed by atoms with Gasteiger partial charge in [-0.25, -0.2) is 0 Å². The first kappa shape index (κ1) is 50.7. The van der Waals surface area contributed by atoms with E-state index in [-0.39, 0.29) is 0 Å². The van der Waals surface area contributed by atoms with Crippen LogP contribution in [0.25, 0.3) is 0 Å². The SMILES string of the molecule is O=S(=O)(O)C(F)(F)C(F)(F)C(F)(F)C(F)(F)C(F)(F)C(F)(F)C(F)(F)C(F)(F)C(F)(F)C(F)(F)C(F)(F)C(F)(F)C(F)(F)C(F)(F)C(F)(F)S(=O)(=O)O. The zero-order valence-corrected chi connectivity index (χ0v) is 23.8. The summed E-state index contributed by atoms with van der Waals surface area (Å²) >= 11 is 0. The van der Waals surface area contributed by atoms with Crippen LogP contribution in [-0.4, -0.2) is 113 Å². The van der Waals surface area contributed by atoms with Crippen molar-refractivity contribution in [3.63, 3.8) is 0 Å². The number of alkyl halides is 30. The van der Waals surface area contributed by atoms with Crippen LogP contribution >= 0.6 is 0 Å². The molecule has 0 aliphatic heterocycles. The Morgan fingerprint density at radius 1 is 0.208 bits per heavy atom. The molecule has 0 amide bonds. The van der Waals surface area contributed by atoms with Gasteiger partial charge in [-0.1, -0.05) is 0 Å². The number of halogens is 30. The van der Waals surface area contributed by atoms with Crippen LogP contribution in [0.4, 0.5) is 132 Å². The van der Waals surface area contributed by atoms with E-state index in [2.05, 4.69) is 0 Å². The van der Waals surface area contributed by atoms with E-state index in [1.165, 1.54) is 0 Å². The fraction of sp³-hybridized carbons (Fsp3) is 1.00. The summed E-state index contributed by atoms with van der Waals surface area (Å²) in [5.74, 6) is -128. The van der Waals surface area contributed by atoms with Gasteiger partial charge in [0.15, 0.2) is 0 Å². The van der Waals surface area contributed by atoms with Crippen LogP contribution in [0.3, 0.4) is 0 Å². The molecule has 38 heteroatoms. The van der Waals surface area contributed by atoms with Crippen molar-refractivity contribution in [2.75, 3.05) is 0 Å². The average Bonchev–Trinajstić information content (AvgIpc) is 2.89. The summed E-state index contributed by atoms with van der Waals surface area (Å²) in [6, 6.07) is 0. The van der Waals surface area contributed by atoms with Crippen molar-refractivity contribution in [2.24, 2.45) is 0 Å². The second kappa shape index (κ2) is 11.9. The molecule has 0 aromatic carbocycles. The Labute approximate surface area is 266 Å². The minimum Gasteiger partial charge on any atom is -0.281 e. The molecule has 2 N–H and O–H groups in total. The lowest BCUT2D eigenvalue weighted by molar-refractivity contribution is -0.485. The summed E-state index contributed by atoms with van der Waals surface area (Å²) in [4.78, 5) is 0. The third kappa shape index (κ3) is 5.64. The topological polar surface area (TPSA) is 109 Å². The highest BCUT2D eigenvalue weighted by atomic mass is 32.2. The second-order valence-electron chi connectivity index (χ2n) is 9.45. The number of hydrogen-bond acceptors (Lipinski definition) is 4. The molecule has 0 rings (SSSR count). The first-order valence-electron chi connectivity index (χ1n) is 10.6. The summed E-state index contributed by atoms with van der Waals surface area (Å²) in [5, 5.41) is -16.8. The van der Waals surface area contributed by atoms with Gasteiger partial charge < -0.3 is 0 Å². The lowest BCUT2D eigenvalue weighted by Crippen LogP contribution is -2.79. The Morgan fingerprint density at radius 2 is 0.283 bits per heavy atom. The van der Waals surface area contributed by atoms with Crippen LogP contribution in [0.15, 0.2) is 0 Å². The molecule has 6 nitrogen and oxygen atoms in total. The maximum Gasteiger partial charge on any atom is 0.438 e. The molecular formula is C15H2F30O6S2. The molecule has 0 aliphatic carbocycles. The minimum absolute atomic E-state index is 7.74. The highest BCUT2D eigenvalue weighted by Crippen LogP contribution is 2.69. The third-order valence-corrected chi connectivity index (χ3v) is 7.92. The first-order chi connectivity index (χ1) is 22.0. The van der Waals surface area contributed by atoms with Crippen LogP contribution in [0.2, 0.25) is 0 Å². The molecule has 0 saturated heterocycles. The van der Waals surface area contributed by atoms with Gasteiger partial charge >= 0.3 is 108 Å². The molecule has 53 heavy (non-hydrogen) atoms. The van der Waals surface area contributed by atoms with Crippen molar-refractivity contribution in [1.82, 2.24) is 0 Å². The summed E-state index contributed by atoms with van der Waals surface area (Å²) in [6.45, 7) is 0. The zero-order chi connectivity index (χ0) is 44.5. The minimum atomic E-state index is -10.3. The van der Waals surface area contributed by atoms with E-state index in [1.807, 2.05) is 0 Å². The molecule has 0 atom stereocenters. The Hall–Kier alpha value is -2.28. The molecule has 0 heterocycles. The van der Waals surface area contributed by atoms with Crippen molar-refractivity contribution >= 4 is 20.2 Å². The lowest BCUT2D eigenvalue weighted by atomic mass is 9.83. The largest absolute Gasteiger partial charge is 0.438 e. The Bertz CT molecular complexity index is 1510. The van der Waals surface area contributed by atoms with E-state index in [0.29, 0.717) is 0 Å². The van der Waals surface area contributed by atoms with Gasteiger partial charge in [0.2, 0.25) is 0 Å². The van der Waals surface area contributed by atoms with Gasteiger partial charge in [-0.15, -0.1) is 0 Å². The maximum absolute atomic E-state index is 13.8. The molecule has 320 valence electrons. The quantitative estimate of drug-likeness (QED) is 0.120. The Morgan fingerprint density at radius 3 is 0.358 bits per heavy atom. The molecule has 0 bridgehead atoms. The van der Waals surface area contributed by atoms with Gasteiger partial charge in [0, 0.05) is 0 Å². The lowest BCUT2D eigenvalue weighted by Gasteiger charge is -2.46. The summed E-state index contributed by atoms with van der Waals surface area (Å²) in [5.41, 5.74) is 0. The van der Waals surface area contributed by atoms with Crippen molar-refractivity contribution in [2.45, 2.75) is 87.5 Å². The van der Waals surface area contributed by atoms with E-state index < -0.39 is 108 Å². The molecule has 0 radical (unpaired) electrons. The molecule has 0 spiro atoms. The molecule has 0 saturated carbocycles.